The fraction of sp³-hybridized carbons (Fsp3) is 0.385. The molecule has 5 heteroatoms. The van der Waals surface area contributed by atoms with Gasteiger partial charge in [0.15, 0.2) is 5.82 Å². The lowest BCUT2D eigenvalue weighted by Gasteiger charge is -2.19. The standard InChI is InChI=1S/C13H15FN4/c14-11-3-1-9(2-4-11)12-16-13(18-17-12)10-5-7-15-8-6-10/h1-4,10,15H,5-8H2,(H,16,17,18). The molecule has 4 nitrogen and oxygen atoms in total. The summed E-state index contributed by atoms with van der Waals surface area (Å²) in [5.74, 6) is 1.79. The lowest BCUT2D eigenvalue weighted by atomic mass is 9.98. The van der Waals surface area contributed by atoms with Crippen LogP contribution in [0.5, 0.6) is 0 Å². The maximum atomic E-state index is 12.8. The Hall–Kier alpha value is -1.75. The molecule has 1 aliphatic rings. The van der Waals surface area contributed by atoms with E-state index in [1.165, 1.54) is 12.1 Å². The summed E-state index contributed by atoms with van der Waals surface area (Å²) < 4.78 is 12.8. The van der Waals surface area contributed by atoms with E-state index in [4.69, 9.17) is 0 Å². The van der Waals surface area contributed by atoms with Gasteiger partial charge < -0.3 is 5.32 Å². The minimum Gasteiger partial charge on any atom is -0.317 e. The van der Waals surface area contributed by atoms with Crippen molar-refractivity contribution in [2.75, 3.05) is 13.1 Å². The zero-order valence-corrected chi connectivity index (χ0v) is 9.99. The molecule has 1 aliphatic heterocycles. The molecule has 1 fully saturated rings. The number of rotatable bonds is 2. The molecular formula is C13H15FN4. The molecule has 3 rings (SSSR count). The molecule has 0 aliphatic carbocycles. The van der Waals surface area contributed by atoms with Gasteiger partial charge in [-0.15, -0.1) is 0 Å². The van der Waals surface area contributed by atoms with Crippen LogP contribution in [-0.4, -0.2) is 28.3 Å². The van der Waals surface area contributed by atoms with Crippen molar-refractivity contribution < 1.29 is 4.39 Å². The predicted molar refractivity (Wildman–Crippen MR) is 66.6 cm³/mol. The van der Waals surface area contributed by atoms with Crippen LogP contribution in [0.3, 0.4) is 0 Å². The van der Waals surface area contributed by atoms with Crippen LogP contribution >= 0.6 is 0 Å². The molecular weight excluding hydrogens is 231 g/mol. The SMILES string of the molecule is Fc1ccc(-c2n[nH]c(C3CCNCC3)n2)cc1. The number of hydrogen-bond donors (Lipinski definition) is 2. The van der Waals surface area contributed by atoms with Crippen molar-refractivity contribution in [2.24, 2.45) is 0 Å². The summed E-state index contributed by atoms with van der Waals surface area (Å²) in [6.07, 6.45) is 2.16. The van der Waals surface area contributed by atoms with Gasteiger partial charge >= 0.3 is 0 Å². The Balaban J connectivity index is 1.82. The first kappa shape index (κ1) is 11.3. The zero-order valence-electron chi connectivity index (χ0n) is 9.99. The smallest absolute Gasteiger partial charge is 0.181 e. The first-order chi connectivity index (χ1) is 8.83. The molecule has 94 valence electrons. The number of H-pyrrole nitrogens is 1. The molecule has 0 atom stereocenters. The van der Waals surface area contributed by atoms with Crippen molar-refractivity contribution in [3.8, 4) is 11.4 Å². The molecule has 0 unspecified atom stereocenters. The summed E-state index contributed by atoms with van der Waals surface area (Å²) in [4.78, 5) is 4.52. The van der Waals surface area contributed by atoms with Crippen molar-refractivity contribution in [1.29, 1.82) is 0 Å². The van der Waals surface area contributed by atoms with E-state index >= 15 is 0 Å². The molecule has 1 aromatic heterocycles. The van der Waals surface area contributed by atoms with Crippen molar-refractivity contribution in [2.45, 2.75) is 18.8 Å². The molecule has 2 heterocycles. The molecule has 0 spiro atoms. The van der Waals surface area contributed by atoms with E-state index in [9.17, 15) is 4.39 Å². The van der Waals surface area contributed by atoms with Gasteiger partial charge in [0, 0.05) is 11.5 Å². The molecule has 2 N–H and O–H groups in total. The highest BCUT2D eigenvalue weighted by Crippen LogP contribution is 2.24. The van der Waals surface area contributed by atoms with Gasteiger partial charge in [0.2, 0.25) is 0 Å². The summed E-state index contributed by atoms with van der Waals surface area (Å²) in [5, 5.41) is 10.5. The van der Waals surface area contributed by atoms with Crippen molar-refractivity contribution in [1.82, 2.24) is 20.5 Å². The fourth-order valence-electron chi connectivity index (χ4n) is 2.28. The molecule has 0 radical (unpaired) electrons. The lowest BCUT2D eigenvalue weighted by molar-refractivity contribution is 0.446. The summed E-state index contributed by atoms with van der Waals surface area (Å²) in [7, 11) is 0. The summed E-state index contributed by atoms with van der Waals surface area (Å²) >= 11 is 0. The third-order valence-electron chi connectivity index (χ3n) is 3.33. The van der Waals surface area contributed by atoms with E-state index in [2.05, 4.69) is 20.5 Å². The van der Waals surface area contributed by atoms with Crippen LogP contribution in [0.1, 0.15) is 24.6 Å². The average Bonchev–Trinajstić information content (AvgIpc) is 2.90. The van der Waals surface area contributed by atoms with E-state index in [0.717, 1.165) is 37.3 Å². The Kier molecular flexibility index (Phi) is 3.06. The second-order valence-electron chi connectivity index (χ2n) is 4.58. The number of aromatic nitrogens is 3. The van der Waals surface area contributed by atoms with Gasteiger partial charge in [0.25, 0.3) is 0 Å². The topological polar surface area (TPSA) is 53.6 Å². The maximum Gasteiger partial charge on any atom is 0.181 e. The van der Waals surface area contributed by atoms with Crippen molar-refractivity contribution in [3.05, 3.63) is 35.9 Å². The van der Waals surface area contributed by atoms with Gasteiger partial charge in [-0.1, -0.05) is 0 Å². The van der Waals surface area contributed by atoms with Gasteiger partial charge in [0.05, 0.1) is 0 Å². The van der Waals surface area contributed by atoms with Gasteiger partial charge in [-0.2, -0.15) is 5.10 Å². The zero-order chi connectivity index (χ0) is 12.4. The number of nitrogens with zero attached hydrogens (tertiary/aromatic N) is 2. The fourth-order valence-corrected chi connectivity index (χ4v) is 2.28. The molecule has 0 saturated carbocycles. The quantitative estimate of drug-likeness (QED) is 0.853. The number of aromatic amines is 1. The number of benzene rings is 1. The van der Waals surface area contributed by atoms with Crippen LogP contribution in [0.15, 0.2) is 24.3 Å². The third kappa shape index (κ3) is 2.26. The average molecular weight is 246 g/mol. The van der Waals surface area contributed by atoms with Gasteiger partial charge in [-0.05, 0) is 50.2 Å². The second kappa shape index (κ2) is 4.86. The monoisotopic (exact) mass is 246 g/mol. The Morgan fingerprint density at radius 2 is 1.83 bits per heavy atom. The van der Waals surface area contributed by atoms with E-state index in [0.29, 0.717) is 11.7 Å². The summed E-state index contributed by atoms with van der Waals surface area (Å²) in [6.45, 7) is 2.05. The minimum absolute atomic E-state index is 0.243. The number of halogens is 1. The van der Waals surface area contributed by atoms with Gasteiger partial charge in [0.1, 0.15) is 11.6 Å². The molecule has 0 amide bonds. The Bertz CT molecular complexity index is 514. The van der Waals surface area contributed by atoms with Crippen LogP contribution in [-0.2, 0) is 0 Å². The maximum absolute atomic E-state index is 12.8. The van der Waals surface area contributed by atoms with Gasteiger partial charge in [-0.3, -0.25) is 5.10 Å². The van der Waals surface area contributed by atoms with E-state index in [-0.39, 0.29) is 5.82 Å². The number of hydrogen-bond acceptors (Lipinski definition) is 3. The van der Waals surface area contributed by atoms with Gasteiger partial charge in [-0.25, -0.2) is 9.37 Å². The molecule has 18 heavy (non-hydrogen) atoms. The van der Waals surface area contributed by atoms with E-state index in [1.807, 2.05) is 0 Å². The van der Waals surface area contributed by atoms with Crippen molar-refractivity contribution in [3.63, 3.8) is 0 Å². The molecule has 0 bridgehead atoms. The van der Waals surface area contributed by atoms with E-state index in [1.54, 1.807) is 12.1 Å². The predicted octanol–water partition coefficient (Wildman–Crippen LogP) is 2.08. The summed E-state index contributed by atoms with van der Waals surface area (Å²) in [5.41, 5.74) is 0.841. The highest BCUT2D eigenvalue weighted by Gasteiger charge is 2.19. The first-order valence-electron chi connectivity index (χ1n) is 6.22. The first-order valence-corrected chi connectivity index (χ1v) is 6.22. The van der Waals surface area contributed by atoms with Crippen LogP contribution in [0.25, 0.3) is 11.4 Å². The normalized spacial score (nSPS) is 16.9. The Morgan fingerprint density at radius 3 is 2.56 bits per heavy atom. The number of piperidine rings is 1. The van der Waals surface area contributed by atoms with Crippen LogP contribution in [0.4, 0.5) is 4.39 Å². The largest absolute Gasteiger partial charge is 0.317 e. The highest BCUT2D eigenvalue weighted by molar-refractivity contribution is 5.54. The van der Waals surface area contributed by atoms with Crippen LogP contribution < -0.4 is 5.32 Å². The number of nitrogens with one attached hydrogen (secondary N) is 2. The lowest BCUT2D eigenvalue weighted by Crippen LogP contribution is -2.27. The van der Waals surface area contributed by atoms with Crippen molar-refractivity contribution >= 4 is 0 Å². The minimum atomic E-state index is -0.243. The molecule has 1 saturated heterocycles. The molecule has 2 aromatic rings. The third-order valence-corrected chi connectivity index (χ3v) is 3.33. The Labute approximate surface area is 105 Å². The Morgan fingerprint density at radius 1 is 1.11 bits per heavy atom. The van der Waals surface area contributed by atoms with Crippen LogP contribution in [0, 0.1) is 5.82 Å². The highest BCUT2D eigenvalue weighted by atomic mass is 19.1. The summed E-state index contributed by atoms with van der Waals surface area (Å²) in [6, 6.07) is 6.25. The molecule has 1 aromatic carbocycles. The van der Waals surface area contributed by atoms with Crippen LogP contribution in [0.2, 0.25) is 0 Å². The van der Waals surface area contributed by atoms with E-state index < -0.39 is 0 Å². The second-order valence-corrected chi connectivity index (χ2v) is 4.58.